The Balaban J connectivity index is 1.61. The van der Waals surface area contributed by atoms with Crippen LogP contribution < -0.4 is 21.7 Å². The van der Waals surface area contributed by atoms with Crippen LogP contribution in [-0.2, 0) is 16.0 Å². The highest BCUT2D eigenvalue weighted by Crippen LogP contribution is 2.17. The summed E-state index contributed by atoms with van der Waals surface area (Å²) < 4.78 is 0. The van der Waals surface area contributed by atoms with Crippen LogP contribution in [0.2, 0.25) is 0 Å². The highest BCUT2D eigenvalue weighted by Gasteiger charge is 2.28. The molecule has 2 amide bonds. The zero-order valence-electron chi connectivity index (χ0n) is 16.4. The van der Waals surface area contributed by atoms with E-state index in [0.717, 1.165) is 28.9 Å². The van der Waals surface area contributed by atoms with Crippen molar-refractivity contribution < 1.29 is 9.59 Å². The number of amides is 2. The van der Waals surface area contributed by atoms with Crippen LogP contribution in [0.15, 0.2) is 58.5 Å². The largest absolute Gasteiger partial charge is 0.369 e. The molecule has 2 aromatic rings. The second-order valence-electron chi connectivity index (χ2n) is 6.71. The van der Waals surface area contributed by atoms with Crippen LogP contribution >= 0.6 is 0 Å². The fourth-order valence-corrected chi connectivity index (χ4v) is 2.88. The number of nitrogens with two attached hydrogens (primary N) is 1. The molecule has 0 spiro atoms. The zero-order valence-corrected chi connectivity index (χ0v) is 16.4. The molecule has 0 unspecified atom stereocenters. The Morgan fingerprint density at radius 2 is 1.90 bits per heavy atom. The van der Waals surface area contributed by atoms with E-state index < -0.39 is 6.04 Å². The first-order valence-electron chi connectivity index (χ1n) is 9.39. The number of benzene rings is 2. The van der Waals surface area contributed by atoms with Gasteiger partial charge in [-0.25, -0.2) is 4.99 Å². The molecule has 8 heteroatoms. The Morgan fingerprint density at radius 3 is 2.62 bits per heavy atom. The summed E-state index contributed by atoms with van der Waals surface area (Å²) in [6.45, 7) is 4.00. The molecule has 1 aliphatic heterocycles. The van der Waals surface area contributed by atoms with Crippen LogP contribution in [0.1, 0.15) is 24.5 Å². The fourth-order valence-electron chi connectivity index (χ4n) is 2.88. The molecule has 1 aliphatic rings. The maximum absolute atomic E-state index is 12.3. The second-order valence-corrected chi connectivity index (χ2v) is 6.71. The molecule has 1 atom stereocenters. The summed E-state index contributed by atoms with van der Waals surface area (Å²) in [5, 5.41) is 8.31. The maximum Gasteiger partial charge on any atom is 0.252 e. The summed E-state index contributed by atoms with van der Waals surface area (Å²) >= 11 is 0. The lowest BCUT2D eigenvalue weighted by atomic mass is 10.1. The van der Waals surface area contributed by atoms with Gasteiger partial charge in [0.2, 0.25) is 17.8 Å². The predicted molar refractivity (Wildman–Crippen MR) is 115 cm³/mol. The molecule has 3 rings (SSSR count). The topological polar surface area (TPSA) is 121 Å². The number of guanidine groups is 2. The molecule has 2 aromatic carbocycles. The number of hydrogen-bond donors (Lipinski definition) is 4. The Morgan fingerprint density at radius 1 is 1.17 bits per heavy atom. The molecule has 29 heavy (non-hydrogen) atoms. The van der Waals surface area contributed by atoms with E-state index in [1.807, 2.05) is 62.4 Å². The number of rotatable bonds is 5. The second kappa shape index (κ2) is 9.01. The van der Waals surface area contributed by atoms with E-state index in [1.165, 1.54) is 0 Å². The molecule has 150 valence electrons. The van der Waals surface area contributed by atoms with Gasteiger partial charge in [-0.2, -0.15) is 4.99 Å². The third-order valence-electron chi connectivity index (χ3n) is 4.42. The maximum atomic E-state index is 12.3. The number of para-hydroxylation sites is 1. The van der Waals surface area contributed by atoms with Crippen LogP contribution in [0.4, 0.5) is 11.4 Å². The molecule has 1 heterocycles. The van der Waals surface area contributed by atoms with Crippen LogP contribution in [0, 0.1) is 6.92 Å². The van der Waals surface area contributed by atoms with Crippen molar-refractivity contribution in [3.8, 4) is 0 Å². The average Bonchev–Trinajstić information content (AvgIpc) is 3.02. The van der Waals surface area contributed by atoms with Gasteiger partial charge in [0.25, 0.3) is 5.91 Å². The minimum absolute atomic E-state index is 0.0752. The number of aliphatic imine (C=N–C) groups is 2. The van der Waals surface area contributed by atoms with E-state index in [-0.39, 0.29) is 30.2 Å². The van der Waals surface area contributed by atoms with E-state index in [4.69, 9.17) is 5.73 Å². The van der Waals surface area contributed by atoms with Crippen LogP contribution in [0.5, 0.6) is 0 Å². The molecular formula is C21H24N6O2. The Hall–Kier alpha value is -3.68. The summed E-state index contributed by atoms with van der Waals surface area (Å²) in [6, 6.07) is 14.3. The summed E-state index contributed by atoms with van der Waals surface area (Å²) in [5.41, 5.74) is 9.55. The van der Waals surface area contributed by atoms with Crippen molar-refractivity contribution in [1.29, 1.82) is 0 Å². The molecule has 5 N–H and O–H groups in total. The van der Waals surface area contributed by atoms with E-state index in [2.05, 4.69) is 25.9 Å². The van der Waals surface area contributed by atoms with E-state index in [0.29, 0.717) is 0 Å². The zero-order chi connectivity index (χ0) is 20.8. The summed E-state index contributed by atoms with van der Waals surface area (Å²) in [7, 11) is 0. The van der Waals surface area contributed by atoms with Crippen molar-refractivity contribution >= 4 is 35.1 Å². The summed E-state index contributed by atoms with van der Waals surface area (Å²) in [5.74, 6) is -0.495. The highest BCUT2D eigenvalue weighted by molar-refractivity contribution is 6.11. The smallest absolute Gasteiger partial charge is 0.252 e. The van der Waals surface area contributed by atoms with Gasteiger partial charge in [-0.3, -0.25) is 14.9 Å². The van der Waals surface area contributed by atoms with Gasteiger partial charge in [-0.1, -0.05) is 42.8 Å². The molecule has 0 saturated carbocycles. The van der Waals surface area contributed by atoms with Crippen LogP contribution in [0.25, 0.3) is 0 Å². The molecule has 0 saturated heterocycles. The number of carbonyl (C=O) groups is 2. The molecule has 0 bridgehead atoms. The normalized spacial score (nSPS) is 16.2. The summed E-state index contributed by atoms with van der Waals surface area (Å²) in [6.07, 6.45) is 0.721. The van der Waals surface area contributed by atoms with Crippen LogP contribution in [-0.4, -0.2) is 29.8 Å². The Bertz CT molecular complexity index is 965. The quantitative estimate of drug-likeness (QED) is 0.460. The molecule has 0 aliphatic carbocycles. The molecular weight excluding hydrogens is 368 g/mol. The standard InChI is InChI=1S/C21H24N6O2/c1-3-14-6-4-5-7-16(14)24-18(28)12-17-19(29)26-21(25-17)27-20(22)23-15-10-8-13(2)9-11-15/h4-11,17H,3,12H2,1-2H3,(H,24,28)(H4,22,23,25,26,27,29)/t17-/m1/s1. The third-order valence-corrected chi connectivity index (χ3v) is 4.42. The number of aryl methyl sites for hydroxylation is 2. The summed E-state index contributed by atoms with van der Waals surface area (Å²) in [4.78, 5) is 32.7. The van der Waals surface area contributed by atoms with E-state index >= 15 is 0 Å². The first kappa shape index (κ1) is 20.1. The van der Waals surface area contributed by atoms with Crippen molar-refractivity contribution in [2.24, 2.45) is 15.7 Å². The average molecular weight is 392 g/mol. The van der Waals surface area contributed by atoms with Crippen molar-refractivity contribution in [3.63, 3.8) is 0 Å². The molecule has 0 radical (unpaired) electrons. The predicted octanol–water partition coefficient (Wildman–Crippen LogP) is 2.17. The molecule has 0 aromatic heterocycles. The lowest BCUT2D eigenvalue weighted by Gasteiger charge is -2.10. The minimum Gasteiger partial charge on any atom is -0.369 e. The van der Waals surface area contributed by atoms with Gasteiger partial charge in [0.1, 0.15) is 6.04 Å². The fraction of sp³-hybridized carbons (Fsp3) is 0.238. The van der Waals surface area contributed by atoms with E-state index in [1.54, 1.807) is 0 Å². The monoisotopic (exact) mass is 392 g/mol. The van der Waals surface area contributed by atoms with Crippen LogP contribution in [0.3, 0.4) is 0 Å². The SMILES string of the molecule is CCc1ccccc1NC(=O)C[C@H]1N=C(N=C(N)Nc2ccc(C)cc2)NC1=O. The van der Waals surface area contributed by atoms with Gasteiger partial charge in [-0.15, -0.1) is 0 Å². The number of anilines is 2. The molecule has 8 nitrogen and oxygen atoms in total. The van der Waals surface area contributed by atoms with Crippen molar-refractivity contribution in [3.05, 3.63) is 59.7 Å². The molecule has 0 fully saturated rings. The lowest BCUT2D eigenvalue weighted by molar-refractivity contribution is -0.123. The minimum atomic E-state index is -0.838. The van der Waals surface area contributed by atoms with Crippen molar-refractivity contribution in [2.45, 2.75) is 32.7 Å². The first-order chi connectivity index (χ1) is 13.9. The van der Waals surface area contributed by atoms with Gasteiger partial charge in [0, 0.05) is 11.4 Å². The van der Waals surface area contributed by atoms with Gasteiger partial charge in [0.05, 0.1) is 6.42 Å². The number of nitrogens with one attached hydrogen (secondary N) is 3. The number of nitrogens with zero attached hydrogens (tertiary/aromatic N) is 2. The van der Waals surface area contributed by atoms with Gasteiger partial charge in [0.15, 0.2) is 0 Å². The highest BCUT2D eigenvalue weighted by atomic mass is 16.2. The van der Waals surface area contributed by atoms with Gasteiger partial charge >= 0.3 is 0 Å². The van der Waals surface area contributed by atoms with Crippen molar-refractivity contribution in [1.82, 2.24) is 5.32 Å². The van der Waals surface area contributed by atoms with E-state index in [9.17, 15) is 9.59 Å². The number of hydrogen-bond acceptors (Lipinski definition) is 4. The Labute approximate surface area is 169 Å². The first-order valence-corrected chi connectivity index (χ1v) is 9.39. The van der Waals surface area contributed by atoms with Crippen molar-refractivity contribution in [2.75, 3.05) is 10.6 Å². The van der Waals surface area contributed by atoms with Gasteiger partial charge < -0.3 is 16.4 Å². The number of carbonyl (C=O) groups excluding carboxylic acids is 2. The Kier molecular flexibility index (Phi) is 6.23. The third kappa shape index (κ3) is 5.41. The van der Waals surface area contributed by atoms with Gasteiger partial charge in [-0.05, 0) is 37.1 Å². The lowest BCUT2D eigenvalue weighted by Crippen LogP contribution is -2.32.